The summed E-state index contributed by atoms with van der Waals surface area (Å²) in [4.78, 5) is 5.42. The molecule has 0 unspecified atom stereocenters. The highest BCUT2D eigenvalue weighted by molar-refractivity contribution is 6.00. The van der Waals surface area contributed by atoms with Gasteiger partial charge in [-0.2, -0.15) is 0 Å². The van der Waals surface area contributed by atoms with Crippen molar-refractivity contribution >= 4 is 17.3 Å². The Balaban J connectivity index is 1.72. The Bertz CT molecular complexity index is 1270. The van der Waals surface area contributed by atoms with Crippen LogP contribution >= 0.6 is 0 Å². The molecule has 33 heavy (non-hydrogen) atoms. The second-order valence-electron chi connectivity index (χ2n) is 7.97. The van der Waals surface area contributed by atoms with E-state index in [-0.39, 0.29) is 23.2 Å². The average Bonchev–Trinajstić information content (AvgIpc) is 2.77. The van der Waals surface area contributed by atoms with E-state index in [4.69, 9.17) is 9.47 Å². The molecule has 0 atom stereocenters. The topological polar surface area (TPSA) is 34.1 Å². The smallest absolute Gasteiger partial charge is 0.224 e. The van der Waals surface area contributed by atoms with E-state index in [1.54, 1.807) is 36.5 Å². The van der Waals surface area contributed by atoms with E-state index in [1.807, 2.05) is 13.8 Å². The predicted octanol–water partition coefficient (Wildman–Crippen LogP) is 6.88. The van der Waals surface area contributed by atoms with E-state index >= 15 is 4.39 Å². The molecule has 1 aliphatic rings. The van der Waals surface area contributed by atoms with Gasteiger partial charge in [-0.1, -0.05) is 26.0 Å². The zero-order valence-electron chi connectivity index (χ0n) is 18.7. The fourth-order valence-corrected chi connectivity index (χ4v) is 3.54. The van der Waals surface area contributed by atoms with Crippen LogP contribution in [-0.4, -0.2) is 20.1 Å². The highest BCUT2D eigenvalue weighted by Gasteiger charge is 2.25. The van der Waals surface area contributed by atoms with Crippen LogP contribution < -0.4 is 14.4 Å². The summed E-state index contributed by atoms with van der Waals surface area (Å²) in [5.74, 6) is -1.18. The first-order valence-electron chi connectivity index (χ1n) is 10.4. The summed E-state index contributed by atoms with van der Waals surface area (Å²) in [6, 6.07) is 13.5. The van der Waals surface area contributed by atoms with E-state index in [1.165, 1.54) is 37.3 Å². The number of benzene rings is 3. The number of halogens is 3. The van der Waals surface area contributed by atoms with Crippen molar-refractivity contribution in [2.45, 2.75) is 13.8 Å². The third-order valence-electron chi connectivity index (χ3n) is 5.44. The van der Waals surface area contributed by atoms with Crippen molar-refractivity contribution in [1.29, 1.82) is 0 Å². The van der Waals surface area contributed by atoms with Crippen LogP contribution in [0.3, 0.4) is 0 Å². The maximum Gasteiger partial charge on any atom is 0.224 e. The Labute approximate surface area is 190 Å². The molecule has 1 heterocycles. The summed E-state index contributed by atoms with van der Waals surface area (Å²) in [5, 5.41) is 0. The summed E-state index contributed by atoms with van der Waals surface area (Å²) in [5.41, 5.74) is 2.27. The monoisotopic (exact) mass is 452 g/mol. The van der Waals surface area contributed by atoms with Gasteiger partial charge in [0.05, 0.1) is 7.11 Å². The molecule has 0 bridgehead atoms. The summed E-state index contributed by atoms with van der Waals surface area (Å²) >= 11 is 0. The lowest BCUT2D eigenvalue weighted by atomic mass is 10.0. The molecule has 3 aromatic carbocycles. The van der Waals surface area contributed by atoms with Crippen LogP contribution in [0.25, 0.3) is 11.1 Å². The molecule has 170 valence electrons. The first kappa shape index (κ1) is 22.5. The van der Waals surface area contributed by atoms with Gasteiger partial charge in [-0.05, 0) is 53.4 Å². The third-order valence-corrected chi connectivity index (χ3v) is 5.44. The maximum atomic E-state index is 15.4. The largest absolute Gasteiger partial charge is 0.497 e. The van der Waals surface area contributed by atoms with Gasteiger partial charge in [0.1, 0.15) is 23.1 Å². The van der Waals surface area contributed by atoms with Crippen LogP contribution in [0.1, 0.15) is 13.8 Å². The van der Waals surface area contributed by atoms with Gasteiger partial charge in [-0.25, -0.2) is 18.2 Å². The fraction of sp³-hybridized carbons (Fsp3) is 0.192. The standard InChI is InChI=1S/C26H23F3N2O2/c1-15(2)21-14-30-26(21)33-23-9-8-22(28)25(24(23)29)31(3)19-11-17(12-20(13-19)32-4)16-6-5-7-18(27)10-16/h5-15H,1-4H3. The van der Waals surface area contributed by atoms with Crippen LogP contribution in [-0.2, 0) is 0 Å². The lowest BCUT2D eigenvalue weighted by molar-refractivity contribution is 0.415. The Morgan fingerprint density at radius 1 is 0.939 bits per heavy atom. The molecule has 0 fully saturated rings. The van der Waals surface area contributed by atoms with Gasteiger partial charge in [-0.3, -0.25) is 0 Å². The SMILES string of the molecule is COc1cc(-c2cccc(F)c2)cc(N(C)c2c(F)ccc(OC3=NC=C3C(C)C)c2F)c1. The molecule has 0 N–H and O–H groups in total. The van der Waals surface area contributed by atoms with Gasteiger partial charge in [0, 0.05) is 30.6 Å². The van der Waals surface area contributed by atoms with Crippen LogP contribution in [0.5, 0.6) is 11.5 Å². The number of nitrogens with zero attached hydrogens (tertiary/aromatic N) is 2. The van der Waals surface area contributed by atoms with Crippen LogP contribution in [0.15, 0.2) is 71.4 Å². The molecule has 4 rings (SSSR count). The predicted molar refractivity (Wildman–Crippen MR) is 124 cm³/mol. The van der Waals surface area contributed by atoms with E-state index in [0.717, 1.165) is 11.6 Å². The Morgan fingerprint density at radius 3 is 2.36 bits per heavy atom. The average molecular weight is 452 g/mol. The maximum absolute atomic E-state index is 15.4. The summed E-state index contributed by atoms with van der Waals surface area (Å²) < 4.78 is 55.0. The van der Waals surface area contributed by atoms with Gasteiger partial charge < -0.3 is 14.4 Å². The van der Waals surface area contributed by atoms with Crippen LogP contribution in [0, 0.1) is 23.4 Å². The lowest BCUT2D eigenvalue weighted by Crippen LogP contribution is -2.22. The molecule has 0 radical (unpaired) electrons. The second kappa shape index (κ2) is 9.02. The highest BCUT2D eigenvalue weighted by Crippen LogP contribution is 2.38. The number of hydrogen-bond acceptors (Lipinski definition) is 4. The van der Waals surface area contributed by atoms with Crippen molar-refractivity contribution in [3.63, 3.8) is 0 Å². The summed E-state index contributed by atoms with van der Waals surface area (Å²) in [7, 11) is 3.03. The molecule has 0 saturated heterocycles. The number of ether oxygens (including phenoxy) is 2. The van der Waals surface area contributed by atoms with Crippen molar-refractivity contribution in [3.05, 3.63) is 83.8 Å². The third kappa shape index (κ3) is 4.44. The molecule has 0 amide bonds. The number of anilines is 2. The molecule has 0 aromatic heterocycles. The van der Waals surface area contributed by atoms with Gasteiger partial charge in [-0.15, -0.1) is 0 Å². The highest BCUT2D eigenvalue weighted by atomic mass is 19.1. The Morgan fingerprint density at radius 2 is 1.73 bits per heavy atom. The van der Waals surface area contributed by atoms with E-state index < -0.39 is 11.6 Å². The minimum absolute atomic E-state index is 0.128. The molecule has 0 saturated carbocycles. The Kier molecular flexibility index (Phi) is 6.14. The minimum Gasteiger partial charge on any atom is -0.497 e. The summed E-state index contributed by atoms with van der Waals surface area (Å²) in [6.07, 6.45) is 1.67. The van der Waals surface area contributed by atoms with Gasteiger partial charge >= 0.3 is 0 Å². The van der Waals surface area contributed by atoms with Crippen molar-refractivity contribution in [2.24, 2.45) is 10.9 Å². The van der Waals surface area contributed by atoms with Crippen LogP contribution in [0.2, 0.25) is 0 Å². The summed E-state index contributed by atoms with van der Waals surface area (Å²) in [6.45, 7) is 3.95. The zero-order valence-corrected chi connectivity index (χ0v) is 18.7. The normalized spacial score (nSPS) is 12.7. The van der Waals surface area contributed by atoms with Crippen molar-refractivity contribution in [2.75, 3.05) is 19.1 Å². The Hall–Kier alpha value is -3.74. The van der Waals surface area contributed by atoms with Crippen molar-refractivity contribution in [3.8, 4) is 22.6 Å². The molecule has 0 aliphatic carbocycles. The second-order valence-corrected chi connectivity index (χ2v) is 7.97. The molecule has 0 spiro atoms. The van der Waals surface area contributed by atoms with Gasteiger partial charge in [0.2, 0.25) is 5.90 Å². The fourth-order valence-electron chi connectivity index (χ4n) is 3.54. The minimum atomic E-state index is -0.856. The number of aliphatic imine (C=N–C) groups is 1. The molecule has 1 aliphatic heterocycles. The molecule has 7 heteroatoms. The van der Waals surface area contributed by atoms with E-state index in [9.17, 15) is 8.78 Å². The first-order chi connectivity index (χ1) is 15.8. The zero-order chi connectivity index (χ0) is 23.7. The number of methoxy groups -OCH3 is 1. The van der Waals surface area contributed by atoms with Gasteiger partial charge in [0.15, 0.2) is 11.6 Å². The van der Waals surface area contributed by atoms with Crippen molar-refractivity contribution < 1.29 is 22.6 Å². The number of hydrogen-bond donors (Lipinski definition) is 0. The molecular formula is C26H23F3N2O2. The molecule has 3 aromatic rings. The lowest BCUT2D eigenvalue weighted by Gasteiger charge is -2.24. The van der Waals surface area contributed by atoms with Gasteiger partial charge in [0.25, 0.3) is 0 Å². The van der Waals surface area contributed by atoms with E-state index in [2.05, 4.69) is 4.99 Å². The van der Waals surface area contributed by atoms with Crippen LogP contribution in [0.4, 0.5) is 24.5 Å². The first-order valence-corrected chi connectivity index (χ1v) is 10.4. The van der Waals surface area contributed by atoms with Crippen molar-refractivity contribution in [1.82, 2.24) is 0 Å². The quantitative estimate of drug-likeness (QED) is 0.409. The van der Waals surface area contributed by atoms with E-state index in [0.29, 0.717) is 28.5 Å². The molecular weight excluding hydrogens is 429 g/mol. The number of rotatable bonds is 6. The molecule has 4 nitrogen and oxygen atoms in total.